The molecule has 1 aromatic carbocycles. The van der Waals surface area contributed by atoms with Gasteiger partial charge in [-0.05, 0) is 31.4 Å². The molecule has 1 aliphatic heterocycles. The number of hydrogen-bond acceptors (Lipinski definition) is 14. The quantitative estimate of drug-likeness (QED) is 0.0935. The summed E-state index contributed by atoms with van der Waals surface area (Å²) < 4.78 is 77.0. The molecule has 0 radical (unpaired) electrons. The van der Waals surface area contributed by atoms with Gasteiger partial charge in [-0.2, -0.15) is 0 Å². The maximum atomic E-state index is 5.61. The topological polar surface area (TPSA) is 129 Å². The van der Waals surface area contributed by atoms with Crippen molar-refractivity contribution in [2.24, 2.45) is 0 Å². The van der Waals surface area contributed by atoms with E-state index >= 15 is 0 Å². The van der Waals surface area contributed by atoms with Crippen molar-refractivity contribution in [3.8, 4) is 5.75 Å². The van der Waals surface area contributed by atoms with Crippen LogP contribution in [0.5, 0.6) is 5.75 Å². The Morgan fingerprint density at radius 3 is 1.04 bits per heavy atom. The normalized spacial score (nSPS) is 14.8. The number of benzene rings is 1. The lowest BCUT2D eigenvalue weighted by Gasteiger charge is -2.22. The highest BCUT2D eigenvalue weighted by Gasteiger charge is 2.13. The van der Waals surface area contributed by atoms with E-state index < -0.39 is 0 Å². The number of para-hydroxylation sites is 1. The third kappa shape index (κ3) is 31.0. The molecule has 14 nitrogen and oxygen atoms in total. The van der Waals surface area contributed by atoms with E-state index in [0.29, 0.717) is 159 Å². The Bertz CT molecular complexity index is 772. The summed E-state index contributed by atoms with van der Waals surface area (Å²) in [5, 5.41) is 0. The first-order chi connectivity index (χ1) is 24.4. The second-order valence-corrected chi connectivity index (χ2v) is 10.6. The van der Waals surface area contributed by atoms with E-state index in [1.54, 1.807) is 0 Å². The van der Waals surface area contributed by atoms with E-state index in [0.717, 1.165) is 31.6 Å². The summed E-state index contributed by atoms with van der Waals surface area (Å²) >= 11 is 0. The van der Waals surface area contributed by atoms with E-state index in [2.05, 4.69) is 0 Å². The molecule has 0 saturated carbocycles. The highest BCUT2D eigenvalue weighted by molar-refractivity contribution is 5.20. The van der Waals surface area contributed by atoms with E-state index in [1.165, 1.54) is 0 Å². The average molecular weight is 707 g/mol. The van der Waals surface area contributed by atoms with Gasteiger partial charge in [-0.1, -0.05) is 18.2 Å². The van der Waals surface area contributed by atoms with Gasteiger partial charge in [-0.3, -0.25) is 0 Å². The Morgan fingerprint density at radius 2 is 0.714 bits per heavy atom. The Hall–Kier alpha value is -1.50. The molecule has 286 valence electrons. The molecule has 1 atom stereocenters. The summed E-state index contributed by atoms with van der Waals surface area (Å²) in [6.07, 6.45) is 3.19. The summed E-state index contributed by atoms with van der Waals surface area (Å²) in [4.78, 5) is 0. The van der Waals surface area contributed by atoms with Crippen LogP contribution in [0.4, 0.5) is 0 Å². The van der Waals surface area contributed by atoms with Gasteiger partial charge in [0.15, 0.2) is 6.29 Å². The largest absolute Gasteiger partial charge is 0.491 e. The zero-order valence-electron chi connectivity index (χ0n) is 29.5. The molecule has 0 aromatic heterocycles. The highest BCUT2D eigenvalue weighted by Crippen LogP contribution is 2.13. The molecule has 0 spiro atoms. The molecule has 1 unspecified atom stereocenters. The molecule has 2 rings (SSSR count). The van der Waals surface area contributed by atoms with Crippen LogP contribution >= 0.6 is 0 Å². The zero-order chi connectivity index (χ0) is 34.4. The van der Waals surface area contributed by atoms with Crippen molar-refractivity contribution in [3.63, 3.8) is 0 Å². The minimum absolute atomic E-state index is 0.0668. The molecule has 14 heteroatoms. The molecular weight excluding hydrogens is 644 g/mol. The monoisotopic (exact) mass is 706 g/mol. The first-order valence-electron chi connectivity index (χ1n) is 17.7. The molecule has 0 aliphatic carbocycles. The van der Waals surface area contributed by atoms with Gasteiger partial charge in [0.2, 0.25) is 0 Å². The maximum absolute atomic E-state index is 5.61. The van der Waals surface area contributed by atoms with Crippen molar-refractivity contribution in [1.29, 1.82) is 0 Å². The molecule has 49 heavy (non-hydrogen) atoms. The standard InChI is InChI=1S/C35H62O14/c1-2-6-34(7-3-1)47-32-30-45-28-26-43-24-22-41-20-18-39-16-14-37-12-10-36-11-13-38-15-17-40-19-21-42-23-25-44-27-29-46-31-33-49-35-8-4-5-9-48-35/h1-3,6-7,35H,4-5,8-33H2. The SMILES string of the molecule is c1ccc(OCCOCCOCCOCCOCCOCCOCCOCCOCCOCCOCCOCCOC2CCCCO2)cc1. The van der Waals surface area contributed by atoms with Crippen LogP contribution in [-0.2, 0) is 61.6 Å². The van der Waals surface area contributed by atoms with Crippen LogP contribution in [0.3, 0.4) is 0 Å². The number of ether oxygens (including phenoxy) is 14. The Morgan fingerprint density at radius 1 is 0.388 bits per heavy atom. The van der Waals surface area contributed by atoms with Crippen LogP contribution in [0, 0.1) is 0 Å². The maximum Gasteiger partial charge on any atom is 0.157 e. The van der Waals surface area contributed by atoms with Crippen molar-refractivity contribution in [2.45, 2.75) is 25.6 Å². The van der Waals surface area contributed by atoms with Gasteiger partial charge in [0.25, 0.3) is 0 Å². The molecule has 0 N–H and O–H groups in total. The van der Waals surface area contributed by atoms with Crippen molar-refractivity contribution < 1.29 is 66.3 Å². The minimum Gasteiger partial charge on any atom is -0.491 e. The highest BCUT2D eigenvalue weighted by atomic mass is 16.7. The summed E-state index contributed by atoms with van der Waals surface area (Å²) in [6, 6.07) is 9.67. The van der Waals surface area contributed by atoms with Gasteiger partial charge >= 0.3 is 0 Å². The third-order valence-electron chi connectivity index (χ3n) is 6.63. The van der Waals surface area contributed by atoms with E-state index in [9.17, 15) is 0 Å². The second-order valence-electron chi connectivity index (χ2n) is 10.6. The third-order valence-corrected chi connectivity index (χ3v) is 6.63. The minimum atomic E-state index is -0.0668. The lowest BCUT2D eigenvalue weighted by atomic mass is 10.2. The van der Waals surface area contributed by atoms with Gasteiger partial charge in [0.1, 0.15) is 12.4 Å². The molecule has 1 saturated heterocycles. The lowest BCUT2D eigenvalue weighted by molar-refractivity contribution is -0.169. The predicted molar refractivity (Wildman–Crippen MR) is 180 cm³/mol. The molecule has 1 heterocycles. The summed E-state index contributed by atoms with van der Waals surface area (Å²) in [5.41, 5.74) is 0. The molecule has 1 fully saturated rings. The Labute approximate surface area is 293 Å². The summed E-state index contributed by atoms with van der Waals surface area (Å²) in [7, 11) is 0. The van der Waals surface area contributed by atoms with Gasteiger partial charge < -0.3 is 66.3 Å². The lowest BCUT2D eigenvalue weighted by Crippen LogP contribution is -2.24. The van der Waals surface area contributed by atoms with E-state index in [4.69, 9.17) is 66.3 Å². The Kier molecular flexibility index (Phi) is 32.3. The van der Waals surface area contributed by atoms with Crippen LogP contribution in [0.2, 0.25) is 0 Å². The molecule has 0 amide bonds. The fourth-order valence-corrected chi connectivity index (χ4v) is 4.12. The molecule has 0 bridgehead atoms. The van der Waals surface area contributed by atoms with Crippen LogP contribution in [0.1, 0.15) is 19.3 Å². The van der Waals surface area contributed by atoms with Crippen LogP contribution in [-0.4, -0.2) is 171 Å². The van der Waals surface area contributed by atoms with Crippen molar-refractivity contribution in [1.82, 2.24) is 0 Å². The van der Waals surface area contributed by atoms with Gasteiger partial charge in [0, 0.05) is 6.61 Å². The Balaban J connectivity index is 1.12. The van der Waals surface area contributed by atoms with Crippen molar-refractivity contribution in [3.05, 3.63) is 30.3 Å². The first-order valence-corrected chi connectivity index (χ1v) is 17.7. The number of rotatable bonds is 38. The van der Waals surface area contributed by atoms with Gasteiger partial charge in [-0.15, -0.1) is 0 Å². The fourth-order valence-electron chi connectivity index (χ4n) is 4.12. The van der Waals surface area contributed by atoms with E-state index in [1.807, 2.05) is 30.3 Å². The van der Waals surface area contributed by atoms with Gasteiger partial charge in [-0.25, -0.2) is 0 Å². The average Bonchev–Trinajstić information content (AvgIpc) is 3.13. The smallest absolute Gasteiger partial charge is 0.157 e. The molecular formula is C35H62O14. The van der Waals surface area contributed by atoms with Crippen molar-refractivity contribution >= 4 is 0 Å². The molecule has 1 aliphatic rings. The predicted octanol–water partition coefficient (Wildman–Crippen LogP) is 2.79. The van der Waals surface area contributed by atoms with Crippen LogP contribution < -0.4 is 4.74 Å². The summed E-state index contributed by atoms with van der Waals surface area (Å²) in [6.45, 7) is 13.2. The van der Waals surface area contributed by atoms with E-state index in [-0.39, 0.29) is 6.29 Å². The number of hydrogen-bond donors (Lipinski definition) is 0. The van der Waals surface area contributed by atoms with Crippen LogP contribution in [0.25, 0.3) is 0 Å². The van der Waals surface area contributed by atoms with Gasteiger partial charge in [0.05, 0.1) is 152 Å². The molecule has 1 aromatic rings. The summed E-state index contributed by atoms with van der Waals surface area (Å²) in [5.74, 6) is 0.844. The second kappa shape index (κ2) is 36.3. The van der Waals surface area contributed by atoms with Crippen molar-refractivity contribution in [2.75, 3.05) is 165 Å². The van der Waals surface area contributed by atoms with Crippen LogP contribution in [0.15, 0.2) is 30.3 Å². The first kappa shape index (κ1) is 43.7. The fraction of sp³-hybridized carbons (Fsp3) is 0.829. The zero-order valence-corrected chi connectivity index (χ0v) is 29.5.